The van der Waals surface area contributed by atoms with Gasteiger partial charge in [0.1, 0.15) is 11.4 Å². The zero-order chi connectivity index (χ0) is 11.8. The van der Waals surface area contributed by atoms with Crippen LogP contribution in [-0.2, 0) is 5.60 Å². The van der Waals surface area contributed by atoms with Crippen LogP contribution in [0.3, 0.4) is 0 Å². The molecule has 0 aliphatic carbocycles. The van der Waals surface area contributed by atoms with E-state index in [1.807, 2.05) is 18.4 Å². The number of hydrogen-bond acceptors (Lipinski definition) is 3. The molecule has 0 radical (unpaired) electrons. The first kappa shape index (κ1) is 11.2. The van der Waals surface area contributed by atoms with E-state index in [1.165, 1.54) is 12.3 Å². The lowest BCUT2D eigenvalue weighted by Gasteiger charge is -2.23. The van der Waals surface area contributed by atoms with Crippen LogP contribution in [0.5, 0.6) is 0 Å². The molecule has 0 fully saturated rings. The summed E-state index contributed by atoms with van der Waals surface area (Å²) in [6.07, 6.45) is 2.61. The van der Waals surface area contributed by atoms with E-state index < -0.39 is 11.4 Å². The van der Waals surface area contributed by atoms with E-state index in [0.29, 0.717) is 5.56 Å². The van der Waals surface area contributed by atoms with Gasteiger partial charge < -0.3 is 5.11 Å². The van der Waals surface area contributed by atoms with Crippen LogP contribution >= 0.6 is 11.3 Å². The lowest BCUT2D eigenvalue weighted by Crippen LogP contribution is -2.23. The normalized spacial score (nSPS) is 14.8. The predicted octanol–water partition coefficient (Wildman–Crippen LogP) is 2.85. The van der Waals surface area contributed by atoms with Crippen molar-refractivity contribution >= 4 is 11.3 Å². The summed E-state index contributed by atoms with van der Waals surface area (Å²) >= 11 is 1.56. The minimum absolute atomic E-state index is 0.439. The summed E-state index contributed by atoms with van der Waals surface area (Å²) in [6, 6.07) is 3.16. The van der Waals surface area contributed by atoms with Crippen molar-refractivity contribution in [3.63, 3.8) is 0 Å². The summed E-state index contributed by atoms with van der Waals surface area (Å²) < 4.78 is 13.1. The molecule has 2 aromatic heterocycles. The molecule has 0 aliphatic rings. The Morgan fingerprint density at radius 3 is 2.75 bits per heavy atom. The summed E-state index contributed by atoms with van der Waals surface area (Å²) in [5.74, 6) is -0.439. The fourth-order valence-corrected chi connectivity index (χ4v) is 2.53. The van der Waals surface area contributed by atoms with Crippen LogP contribution in [0.15, 0.2) is 29.9 Å². The zero-order valence-corrected chi connectivity index (χ0v) is 9.88. The number of pyridine rings is 1. The maximum absolute atomic E-state index is 13.1. The van der Waals surface area contributed by atoms with Crippen LogP contribution in [0, 0.1) is 12.7 Å². The molecule has 0 spiro atoms. The van der Waals surface area contributed by atoms with E-state index in [0.717, 1.165) is 16.6 Å². The van der Waals surface area contributed by atoms with Gasteiger partial charge in [-0.1, -0.05) is 0 Å². The van der Waals surface area contributed by atoms with Gasteiger partial charge in [-0.2, -0.15) is 0 Å². The summed E-state index contributed by atoms with van der Waals surface area (Å²) in [4.78, 5) is 4.78. The third kappa shape index (κ3) is 1.86. The van der Waals surface area contributed by atoms with Crippen molar-refractivity contribution in [2.24, 2.45) is 0 Å². The highest BCUT2D eigenvalue weighted by Crippen LogP contribution is 2.33. The molecule has 2 rings (SSSR count). The highest BCUT2D eigenvalue weighted by atomic mass is 32.1. The molecule has 0 aliphatic heterocycles. The zero-order valence-electron chi connectivity index (χ0n) is 9.07. The van der Waals surface area contributed by atoms with E-state index in [9.17, 15) is 9.50 Å². The molecule has 2 heterocycles. The van der Waals surface area contributed by atoms with Crippen molar-refractivity contribution in [1.29, 1.82) is 0 Å². The maximum Gasteiger partial charge on any atom is 0.141 e. The van der Waals surface area contributed by atoms with Gasteiger partial charge in [0.2, 0.25) is 0 Å². The number of aromatic nitrogens is 1. The maximum atomic E-state index is 13.1. The van der Waals surface area contributed by atoms with Gasteiger partial charge in [0, 0.05) is 22.2 Å². The molecule has 0 amide bonds. The van der Waals surface area contributed by atoms with Gasteiger partial charge in [-0.25, -0.2) is 4.39 Å². The third-order valence-corrected chi connectivity index (χ3v) is 3.50. The molecule has 1 atom stereocenters. The molecule has 84 valence electrons. The highest BCUT2D eigenvalue weighted by Gasteiger charge is 2.28. The molecule has 4 heteroatoms. The quantitative estimate of drug-likeness (QED) is 0.871. The second-order valence-corrected chi connectivity index (χ2v) is 4.97. The van der Waals surface area contributed by atoms with Crippen molar-refractivity contribution in [1.82, 2.24) is 4.98 Å². The van der Waals surface area contributed by atoms with Crippen molar-refractivity contribution in [2.75, 3.05) is 0 Å². The minimum atomic E-state index is -1.20. The Kier molecular flexibility index (Phi) is 2.78. The largest absolute Gasteiger partial charge is 0.381 e. The fourth-order valence-electron chi connectivity index (χ4n) is 1.72. The number of thiophene rings is 1. The smallest absolute Gasteiger partial charge is 0.141 e. The Balaban J connectivity index is 2.51. The van der Waals surface area contributed by atoms with Gasteiger partial charge in [-0.3, -0.25) is 4.98 Å². The average Bonchev–Trinajstić information content (AvgIpc) is 2.65. The minimum Gasteiger partial charge on any atom is -0.381 e. The average molecular weight is 237 g/mol. The number of halogens is 1. The van der Waals surface area contributed by atoms with Crippen molar-refractivity contribution in [2.45, 2.75) is 19.4 Å². The van der Waals surface area contributed by atoms with Gasteiger partial charge in [-0.15, -0.1) is 11.3 Å². The number of hydrogen-bond donors (Lipinski definition) is 1. The van der Waals surface area contributed by atoms with Crippen molar-refractivity contribution in [3.8, 4) is 0 Å². The topological polar surface area (TPSA) is 33.1 Å². The molecule has 1 N–H and O–H groups in total. The van der Waals surface area contributed by atoms with Crippen LogP contribution in [0.1, 0.15) is 22.9 Å². The standard InChI is InChI=1S/C12H12FNOS/c1-8-11(3-4-16-8)12(2,15)9-5-10(13)7-14-6-9/h3-7,15H,1-2H3. The van der Waals surface area contributed by atoms with Crippen molar-refractivity contribution in [3.05, 3.63) is 51.7 Å². The molecule has 2 nitrogen and oxygen atoms in total. The van der Waals surface area contributed by atoms with Gasteiger partial charge in [0.05, 0.1) is 6.20 Å². The first-order chi connectivity index (χ1) is 7.51. The molecule has 16 heavy (non-hydrogen) atoms. The number of nitrogens with zero attached hydrogens (tertiary/aromatic N) is 1. The molecular weight excluding hydrogens is 225 g/mol. The number of aliphatic hydroxyl groups is 1. The number of rotatable bonds is 2. The Hall–Kier alpha value is -1.26. The lowest BCUT2D eigenvalue weighted by atomic mass is 9.90. The van der Waals surface area contributed by atoms with Gasteiger partial charge in [0.15, 0.2) is 0 Å². The van der Waals surface area contributed by atoms with Crippen LogP contribution in [0.4, 0.5) is 4.39 Å². The van der Waals surface area contributed by atoms with Crippen LogP contribution in [-0.4, -0.2) is 10.1 Å². The molecule has 2 aromatic rings. The molecular formula is C12H12FNOS. The summed E-state index contributed by atoms with van der Waals surface area (Å²) in [5, 5.41) is 12.4. The first-order valence-corrected chi connectivity index (χ1v) is 5.78. The van der Waals surface area contributed by atoms with E-state index in [-0.39, 0.29) is 0 Å². The van der Waals surface area contributed by atoms with Gasteiger partial charge >= 0.3 is 0 Å². The molecule has 0 saturated carbocycles. The van der Waals surface area contributed by atoms with E-state index in [1.54, 1.807) is 18.3 Å². The SMILES string of the molecule is Cc1sccc1C(C)(O)c1cncc(F)c1. The Morgan fingerprint density at radius 1 is 1.44 bits per heavy atom. The highest BCUT2D eigenvalue weighted by molar-refractivity contribution is 7.10. The molecule has 0 bridgehead atoms. The molecule has 1 unspecified atom stereocenters. The lowest BCUT2D eigenvalue weighted by molar-refractivity contribution is 0.101. The molecule has 0 saturated heterocycles. The van der Waals surface area contributed by atoms with Gasteiger partial charge in [-0.05, 0) is 31.4 Å². The predicted molar refractivity (Wildman–Crippen MR) is 61.9 cm³/mol. The van der Waals surface area contributed by atoms with Crippen LogP contribution in [0.25, 0.3) is 0 Å². The Bertz CT molecular complexity index is 507. The second kappa shape index (κ2) is 3.96. The third-order valence-electron chi connectivity index (χ3n) is 2.65. The fraction of sp³-hybridized carbons (Fsp3) is 0.250. The van der Waals surface area contributed by atoms with E-state index in [4.69, 9.17) is 0 Å². The van der Waals surface area contributed by atoms with E-state index >= 15 is 0 Å². The summed E-state index contributed by atoms with van der Waals surface area (Å²) in [7, 11) is 0. The van der Waals surface area contributed by atoms with Crippen LogP contribution < -0.4 is 0 Å². The Morgan fingerprint density at radius 2 is 2.19 bits per heavy atom. The molecule has 0 aromatic carbocycles. The van der Waals surface area contributed by atoms with E-state index in [2.05, 4.69) is 4.98 Å². The first-order valence-electron chi connectivity index (χ1n) is 4.90. The second-order valence-electron chi connectivity index (χ2n) is 3.85. The summed E-state index contributed by atoms with van der Waals surface area (Å²) in [6.45, 7) is 3.58. The van der Waals surface area contributed by atoms with Crippen molar-refractivity contribution < 1.29 is 9.50 Å². The monoisotopic (exact) mass is 237 g/mol. The Labute approximate surface area is 97.4 Å². The van der Waals surface area contributed by atoms with Gasteiger partial charge in [0.25, 0.3) is 0 Å². The van der Waals surface area contributed by atoms with Crippen LogP contribution in [0.2, 0.25) is 0 Å². The number of aryl methyl sites for hydroxylation is 1. The summed E-state index contributed by atoms with van der Waals surface area (Å²) in [5.41, 5.74) is 0.0676.